The highest BCUT2D eigenvalue weighted by Crippen LogP contribution is 2.24. The van der Waals surface area contributed by atoms with Gasteiger partial charge in [0.05, 0.1) is 10.6 Å². The molecule has 1 aromatic heterocycles. The first-order valence-corrected chi connectivity index (χ1v) is 4.13. The van der Waals surface area contributed by atoms with Gasteiger partial charge >= 0.3 is 0 Å². The molecule has 62 valence electrons. The molecular formula is C10H5ClN2. The number of pyridine rings is 1. The van der Waals surface area contributed by atoms with Crippen LogP contribution in [0, 0.1) is 11.3 Å². The van der Waals surface area contributed by atoms with E-state index in [1.54, 1.807) is 24.5 Å². The molecule has 2 aromatic rings. The number of nitriles is 1. The first-order chi connectivity index (χ1) is 6.33. The van der Waals surface area contributed by atoms with E-state index in [2.05, 4.69) is 11.1 Å². The zero-order chi connectivity index (χ0) is 9.26. The van der Waals surface area contributed by atoms with Crippen molar-refractivity contribution < 1.29 is 0 Å². The highest BCUT2D eigenvalue weighted by molar-refractivity contribution is 6.32. The van der Waals surface area contributed by atoms with Crippen LogP contribution in [-0.4, -0.2) is 4.98 Å². The van der Waals surface area contributed by atoms with Gasteiger partial charge in [0.25, 0.3) is 0 Å². The van der Waals surface area contributed by atoms with Gasteiger partial charge in [0.1, 0.15) is 6.07 Å². The average molecular weight is 189 g/mol. The normalized spacial score (nSPS) is 9.85. The van der Waals surface area contributed by atoms with E-state index in [4.69, 9.17) is 16.9 Å². The predicted molar refractivity (Wildman–Crippen MR) is 51.5 cm³/mol. The number of fused-ring (bicyclic) bond motifs is 1. The second kappa shape index (κ2) is 3.04. The van der Waals surface area contributed by atoms with Crippen LogP contribution >= 0.6 is 11.6 Å². The lowest BCUT2D eigenvalue weighted by Crippen LogP contribution is -1.82. The van der Waals surface area contributed by atoms with Crippen molar-refractivity contribution in [1.82, 2.24) is 4.98 Å². The summed E-state index contributed by atoms with van der Waals surface area (Å²) in [6, 6.07) is 7.44. The smallest absolute Gasteiger partial charge is 0.101 e. The number of hydrogen-bond acceptors (Lipinski definition) is 2. The van der Waals surface area contributed by atoms with Gasteiger partial charge in [-0.25, -0.2) is 0 Å². The van der Waals surface area contributed by atoms with Crippen molar-refractivity contribution in [3.05, 3.63) is 41.2 Å². The Bertz CT molecular complexity index is 500. The maximum atomic E-state index is 8.86. The molecule has 0 radical (unpaired) electrons. The summed E-state index contributed by atoms with van der Waals surface area (Å²) < 4.78 is 0. The number of nitrogens with zero attached hydrogens (tertiary/aromatic N) is 2. The van der Waals surface area contributed by atoms with Crippen molar-refractivity contribution in [2.45, 2.75) is 0 Å². The Kier molecular flexibility index (Phi) is 1.88. The van der Waals surface area contributed by atoms with Crippen LogP contribution in [-0.2, 0) is 0 Å². The summed E-state index contributed by atoms with van der Waals surface area (Å²) in [6.45, 7) is 0. The molecule has 0 spiro atoms. The van der Waals surface area contributed by atoms with Gasteiger partial charge in [-0.15, -0.1) is 0 Å². The van der Waals surface area contributed by atoms with Crippen LogP contribution in [0.2, 0.25) is 5.02 Å². The Morgan fingerprint density at radius 2 is 2.15 bits per heavy atom. The molecule has 13 heavy (non-hydrogen) atoms. The van der Waals surface area contributed by atoms with E-state index in [9.17, 15) is 0 Å². The van der Waals surface area contributed by atoms with Crippen LogP contribution < -0.4 is 0 Å². The summed E-state index contributed by atoms with van der Waals surface area (Å²) in [5, 5.41) is 11.1. The maximum Gasteiger partial charge on any atom is 0.101 e. The van der Waals surface area contributed by atoms with Crippen LogP contribution in [0.1, 0.15) is 5.56 Å². The van der Waals surface area contributed by atoms with E-state index in [0.29, 0.717) is 10.6 Å². The van der Waals surface area contributed by atoms with E-state index in [-0.39, 0.29) is 0 Å². The van der Waals surface area contributed by atoms with Crippen LogP contribution in [0.15, 0.2) is 30.6 Å². The molecular weight excluding hydrogens is 184 g/mol. The van der Waals surface area contributed by atoms with Gasteiger partial charge in [0.15, 0.2) is 0 Å². The molecule has 1 aromatic carbocycles. The lowest BCUT2D eigenvalue weighted by molar-refractivity contribution is 1.36. The highest BCUT2D eigenvalue weighted by atomic mass is 35.5. The third-order valence-electron chi connectivity index (χ3n) is 1.88. The topological polar surface area (TPSA) is 36.7 Å². The Labute approximate surface area is 80.4 Å². The second-order valence-electron chi connectivity index (χ2n) is 2.63. The molecule has 0 fully saturated rings. The fourth-order valence-corrected chi connectivity index (χ4v) is 1.46. The van der Waals surface area contributed by atoms with Gasteiger partial charge in [0.2, 0.25) is 0 Å². The summed E-state index contributed by atoms with van der Waals surface area (Å²) in [5.41, 5.74) is 0.515. The molecule has 1 heterocycles. The molecule has 0 amide bonds. The Morgan fingerprint density at radius 3 is 2.92 bits per heavy atom. The molecule has 0 aliphatic heterocycles. The number of hydrogen-bond donors (Lipinski definition) is 0. The van der Waals surface area contributed by atoms with E-state index in [1.165, 1.54) is 0 Å². The molecule has 0 saturated carbocycles. The first-order valence-electron chi connectivity index (χ1n) is 3.75. The minimum atomic E-state index is 0.487. The summed E-state index contributed by atoms with van der Waals surface area (Å²) in [4.78, 5) is 3.97. The summed E-state index contributed by atoms with van der Waals surface area (Å²) >= 11 is 5.86. The number of benzene rings is 1. The van der Waals surface area contributed by atoms with E-state index in [1.807, 2.05) is 6.07 Å². The molecule has 0 bridgehead atoms. The quantitative estimate of drug-likeness (QED) is 0.638. The van der Waals surface area contributed by atoms with Gasteiger partial charge in [-0.2, -0.15) is 5.26 Å². The van der Waals surface area contributed by atoms with Crippen molar-refractivity contribution in [3.63, 3.8) is 0 Å². The number of rotatable bonds is 0. The van der Waals surface area contributed by atoms with Crippen LogP contribution in [0.4, 0.5) is 0 Å². The second-order valence-corrected chi connectivity index (χ2v) is 3.04. The molecule has 0 atom stereocenters. The highest BCUT2D eigenvalue weighted by Gasteiger charge is 2.03. The number of halogens is 1. The van der Waals surface area contributed by atoms with Crippen LogP contribution in [0.3, 0.4) is 0 Å². The summed E-state index contributed by atoms with van der Waals surface area (Å²) in [7, 11) is 0. The third kappa shape index (κ3) is 1.24. The van der Waals surface area contributed by atoms with Gasteiger partial charge < -0.3 is 0 Å². The Hall–Kier alpha value is -1.59. The lowest BCUT2D eigenvalue weighted by Gasteiger charge is -1.99. The minimum Gasteiger partial charge on any atom is -0.264 e. The Morgan fingerprint density at radius 1 is 1.31 bits per heavy atom. The standard InChI is InChI=1S/C10H5ClN2/c11-10-2-1-7-6-13-4-3-8(7)9(10)5-12/h1-4,6H. The van der Waals surface area contributed by atoms with Crippen molar-refractivity contribution in [3.8, 4) is 6.07 Å². The van der Waals surface area contributed by atoms with Crippen molar-refractivity contribution in [1.29, 1.82) is 5.26 Å². The van der Waals surface area contributed by atoms with Gasteiger partial charge in [-0.3, -0.25) is 4.98 Å². The molecule has 3 heteroatoms. The molecule has 2 rings (SSSR count). The molecule has 0 aliphatic rings. The summed E-state index contributed by atoms with van der Waals surface area (Å²) in [5.74, 6) is 0. The number of aromatic nitrogens is 1. The molecule has 0 unspecified atom stereocenters. The van der Waals surface area contributed by atoms with Crippen LogP contribution in [0.25, 0.3) is 10.8 Å². The monoisotopic (exact) mass is 188 g/mol. The zero-order valence-electron chi connectivity index (χ0n) is 6.66. The van der Waals surface area contributed by atoms with Gasteiger partial charge in [-0.05, 0) is 12.1 Å². The van der Waals surface area contributed by atoms with Gasteiger partial charge in [-0.1, -0.05) is 17.7 Å². The fraction of sp³-hybridized carbons (Fsp3) is 0. The fourth-order valence-electron chi connectivity index (χ4n) is 1.26. The SMILES string of the molecule is N#Cc1c(Cl)ccc2cnccc12. The molecule has 2 nitrogen and oxygen atoms in total. The lowest BCUT2D eigenvalue weighted by atomic mass is 10.1. The van der Waals surface area contributed by atoms with Crippen molar-refractivity contribution in [2.75, 3.05) is 0 Å². The largest absolute Gasteiger partial charge is 0.264 e. The van der Waals surface area contributed by atoms with E-state index >= 15 is 0 Å². The van der Waals surface area contributed by atoms with E-state index in [0.717, 1.165) is 10.8 Å². The average Bonchev–Trinajstić information content (AvgIpc) is 2.18. The molecule has 0 aliphatic carbocycles. The van der Waals surface area contributed by atoms with Crippen molar-refractivity contribution in [2.24, 2.45) is 0 Å². The third-order valence-corrected chi connectivity index (χ3v) is 2.20. The first kappa shape index (κ1) is 8.03. The van der Waals surface area contributed by atoms with Crippen molar-refractivity contribution >= 4 is 22.4 Å². The van der Waals surface area contributed by atoms with Crippen LogP contribution in [0.5, 0.6) is 0 Å². The van der Waals surface area contributed by atoms with Gasteiger partial charge in [0, 0.05) is 23.2 Å². The zero-order valence-corrected chi connectivity index (χ0v) is 7.42. The molecule has 0 saturated heterocycles. The summed E-state index contributed by atoms with van der Waals surface area (Å²) in [6.07, 6.45) is 3.37. The van der Waals surface area contributed by atoms with E-state index < -0.39 is 0 Å². The molecule has 0 N–H and O–H groups in total. The minimum absolute atomic E-state index is 0.487. The maximum absolute atomic E-state index is 8.86. The predicted octanol–water partition coefficient (Wildman–Crippen LogP) is 2.76. The Balaban J connectivity index is 2.94.